The molecule has 6 nitrogen and oxygen atoms in total. The molecule has 0 spiro atoms. The Hall–Kier alpha value is -2.93. The van der Waals surface area contributed by atoms with Crippen LogP contribution in [0.4, 0.5) is 0 Å². The van der Waals surface area contributed by atoms with E-state index in [1.807, 2.05) is 43.5 Å². The smallest absolute Gasteiger partial charge is 0.226 e. The molecule has 3 aromatic heterocycles. The molecular formula is C20H20N4O2S. The van der Waals surface area contributed by atoms with Gasteiger partial charge >= 0.3 is 0 Å². The average molecular weight is 380 g/mol. The van der Waals surface area contributed by atoms with Crippen molar-refractivity contribution in [3.63, 3.8) is 0 Å². The maximum absolute atomic E-state index is 12.3. The van der Waals surface area contributed by atoms with Crippen molar-refractivity contribution in [3.05, 3.63) is 58.5 Å². The second-order valence-corrected chi connectivity index (χ2v) is 7.49. The molecule has 0 saturated heterocycles. The largest absolute Gasteiger partial charge is 0.356 e. The standard InChI is InChI=1S/C20H20N4O2S/c1-12-8-14-16(24-26-17(14)9-13(12)2)10-19(25)21-6-5-15-20(23-11-22-15)18-4-3-7-27-18/h3-4,7-9,11H,5-6,10H2,1-2H3,(H,21,25)(H,22,23). The zero-order valence-electron chi connectivity index (χ0n) is 15.2. The maximum atomic E-state index is 12.3. The lowest BCUT2D eigenvalue weighted by Gasteiger charge is -2.05. The summed E-state index contributed by atoms with van der Waals surface area (Å²) in [5.41, 5.74) is 5.68. The van der Waals surface area contributed by atoms with E-state index in [0.29, 0.717) is 18.7 Å². The summed E-state index contributed by atoms with van der Waals surface area (Å²) >= 11 is 1.65. The van der Waals surface area contributed by atoms with Gasteiger partial charge in [0.2, 0.25) is 5.91 Å². The van der Waals surface area contributed by atoms with Crippen LogP contribution < -0.4 is 5.32 Å². The predicted molar refractivity (Wildman–Crippen MR) is 106 cm³/mol. The number of nitrogens with zero attached hydrogens (tertiary/aromatic N) is 2. The molecule has 27 heavy (non-hydrogen) atoms. The first kappa shape index (κ1) is 17.5. The first-order chi connectivity index (χ1) is 13.1. The zero-order valence-corrected chi connectivity index (χ0v) is 16.0. The second kappa shape index (κ2) is 7.36. The Labute approximate surface area is 160 Å². The Morgan fingerprint density at radius 1 is 1.30 bits per heavy atom. The molecule has 7 heteroatoms. The molecule has 0 atom stereocenters. The molecule has 0 bridgehead atoms. The summed E-state index contributed by atoms with van der Waals surface area (Å²) in [7, 11) is 0. The fourth-order valence-electron chi connectivity index (χ4n) is 3.05. The predicted octanol–water partition coefficient (Wildman–Crippen LogP) is 3.80. The number of aromatic nitrogens is 3. The fourth-order valence-corrected chi connectivity index (χ4v) is 3.80. The van der Waals surface area contributed by atoms with Crippen LogP contribution >= 0.6 is 11.3 Å². The number of hydrogen-bond acceptors (Lipinski definition) is 5. The first-order valence-corrected chi connectivity index (χ1v) is 9.68. The summed E-state index contributed by atoms with van der Waals surface area (Å²) in [6, 6.07) is 8.04. The number of rotatable bonds is 6. The van der Waals surface area contributed by atoms with Crippen LogP contribution in [0.2, 0.25) is 0 Å². The monoisotopic (exact) mass is 380 g/mol. The summed E-state index contributed by atoms with van der Waals surface area (Å²) in [5, 5.41) is 9.96. The molecule has 3 heterocycles. The lowest BCUT2D eigenvalue weighted by Crippen LogP contribution is -2.27. The Bertz CT molecular complexity index is 1080. The molecule has 4 aromatic rings. The van der Waals surface area contributed by atoms with Gasteiger partial charge in [-0.05, 0) is 48.6 Å². The van der Waals surface area contributed by atoms with Crippen LogP contribution in [0, 0.1) is 13.8 Å². The van der Waals surface area contributed by atoms with Crippen molar-refractivity contribution in [2.24, 2.45) is 0 Å². The van der Waals surface area contributed by atoms with E-state index in [9.17, 15) is 4.79 Å². The highest BCUT2D eigenvalue weighted by Crippen LogP contribution is 2.25. The van der Waals surface area contributed by atoms with E-state index in [0.717, 1.165) is 38.4 Å². The molecule has 0 saturated carbocycles. The molecule has 2 N–H and O–H groups in total. The first-order valence-electron chi connectivity index (χ1n) is 8.80. The summed E-state index contributed by atoms with van der Waals surface area (Å²) < 4.78 is 5.36. The van der Waals surface area contributed by atoms with E-state index < -0.39 is 0 Å². The Balaban J connectivity index is 1.37. The third-order valence-electron chi connectivity index (χ3n) is 4.66. The molecule has 0 aliphatic rings. The number of carbonyl (C=O) groups is 1. The fraction of sp³-hybridized carbons (Fsp3) is 0.250. The minimum absolute atomic E-state index is 0.0689. The van der Waals surface area contributed by atoms with Crippen molar-refractivity contribution in [2.75, 3.05) is 6.54 Å². The van der Waals surface area contributed by atoms with Crippen LogP contribution in [-0.2, 0) is 17.6 Å². The molecular weight excluding hydrogens is 360 g/mol. The summed E-state index contributed by atoms with van der Waals surface area (Å²) in [6.07, 6.45) is 2.59. The molecule has 0 unspecified atom stereocenters. The molecule has 0 aliphatic heterocycles. The zero-order chi connectivity index (χ0) is 18.8. The number of thiophene rings is 1. The van der Waals surface area contributed by atoms with E-state index in [1.54, 1.807) is 17.7 Å². The minimum atomic E-state index is -0.0689. The third kappa shape index (κ3) is 3.64. The van der Waals surface area contributed by atoms with Crippen LogP contribution in [0.1, 0.15) is 22.5 Å². The van der Waals surface area contributed by atoms with Gasteiger partial charge in [-0.15, -0.1) is 11.3 Å². The van der Waals surface area contributed by atoms with Crippen molar-refractivity contribution < 1.29 is 9.32 Å². The summed E-state index contributed by atoms with van der Waals surface area (Å²) in [6.45, 7) is 4.61. The molecule has 0 aliphatic carbocycles. The highest BCUT2D eigenvalue weighted by atomic mass is 32.1. The van der Waals surface area contributed by atoms with Crippen LogP contribution in [0.15, 0.2) is 40.5 Å². The molecule has 1 amide bonds. The van der Waals surface area contributed by atoms with Crippen LogP contribution in [0.3, 0.4) is 0 Å². The quantitative estimate of drug-likeness (QED) is 0.533. The van der Waals surface area contributed by atoms with Crippen LogP contribution in [-0.4, -0.2) is 27.6 Å². The van der Waals surface area contributed by atoms with Gasteiger partial charge in [0.05, 0.1) is 17.6 Å². The molecule has 0 radical (unpaired) electrons. The Morgan fingerprint density at radius 3 is 2.96 bits per heavy atom. The number of benzene rings is 1. The third-order valence-corrected chi connectivity index (χ3v) is 5.54. The highest BCUT2D eigenvalue weighted by Gasteiger charge is 2.14. The molecule has 1 aromatic carbocycles. The number of H-pyrrole nitrogens is 1. The van der Waals surface area contributed by atoms with E-state index in [1.165, 1.54) is 0 Å². The number of aromatic amines is 1. The van der Waals surface area contributed by atoms with Crippen molar-refractivity contribution >= 4 is 28.2 Å². The lowest BCUT2D eigenvalue weighted by atomic mass is 10.1. The van der Waals surface area contributed by atoms with Gasteiger partial charge in [-0.1, -0.05) is 11.2 Å². The number of carbonyl (C=O) groups excluding carboxylic acids is 1. The van der Waals surface area contributed by atoms with Crippen molar-refractivity contribution in [1.82, 2.24) is 20.4 Å². The number of hydrogen-bond donors (Lipinski definition) is 2. The van der Waals surface area contributed by atoms with Gasteiger partial charge in [-0.3, -0.25) is 4.79 Å². The number of imidazole rings is 1. The number of nitrogens with one attached hydrogen (secondary N) is 2. The summed E-state index contributed by atoms with van der Waals surface area (Å²) in [4.78, 5) is 21.0. The minimum Gasteiger partial charge on any atom is -0.356 e. The Kier molecular flexibility index (Phi) is 4.77. The van der Waals surface area contributed by atoms with Gasteiger partial charge in [0.15, 0.2) is 5.58 Å². The highest BCUT2D eigenvalue weighted by molar-refractivity contribution is 7.13. The van der Waals surface area contributed by atoms with Gasteiger partial charge in [0, 0.05) is 24.0 Å². The number of fused-ring (bicyclic) bond motifs is 1. The van der Waals surface area contributed by atoms with Crippen LogP contribution in [0.5, 0.6) is 0 Å². The number of amides is 1. The van der Waals surface area contributed by atoms with Crippen LogP contribution in [0.25, 0.3) is 21.5 Å². The SMILES string of the molecule is Cc1cc2onc(CC(=O)NCCc3[nH]cnc3-c3cccs3)c2cc1C. The topological polar surface area (TPSA) is 83.8 Å². The van der Waals surface area contributed by atoms with Crippen molar-refractivity contribution in [2.45, 2.75) is 26.7 Å². The molecule has 138 valence electrons. The van der Waals surface area contributed by atoms with Gasteiger partial charge in [0.25, 0.3) is 0 Å². The molecule has 0 fully saturated rings. The van der Waals surface area contributed by atoms with Crippen molar-refractivity contribution in [1.29, 1.82) is 0 Å². The normalized spacial score (nSPS) is 11.2. The van der Waals surface area contributed by atoms with E-state index in [-0.39, 0.29) is 12.3 Å². The van der Waals surface area contributed by atoms with Gasteiger partial charge in [-0.2, -0.15) is 0 Å². The lowest BCUT2D eigenvalue weighted by molar-refractivity contribution is -0.120. The van der Waals surface area contributed by atoms with Gasteiger partial charge in [-0.25, -0.2) is 4.98 Å². The second-order valence-electron chi connectivity index (χ2n) is 6.55. The summed E-state index contributed by atoms with van der Waals surface area (Å²) in [5.74, 6) is -0.0689. The van der Waals surface area contributed by atoms with E-state index in [2.05, 4.69) is 20.4 Å². The number of aryl methyl sites for hydroxylation is 2. The Morgan fingerprint density at radius 2 is 2.15 bits per heavy atom. The van der Waals surface area contributed by atoms with Crippen molar-refractivity contribution in [3.8, 4) is 10.6 Å². The molecule has 4 rings (SSSR count). The van der Waals surface area contributed by atoms with Gasteiger partial charge < -0.3 is 14.8 Å². The maximum Gasteiger partial charge on any atom is 0.226 e. The van der Waals surface area contributed by atoms with Gasteiger partial charge in [0.1, 0.15) is 11.4 Å². The van der Waals surface area contributed by atoms with E-state index in [4.69, 9.17) is 4.52 Å². The average Bonchev–Trinajstić information content (AvgIpc) is 3.37. The van der Waals surface area contributed by atoms with E-state index >= 15 is 0 Å².